The first-order valence-electron chi connectivity index (χ1n) is 9.52. The molecule has 0 atom stereocenters. The molecule has 1 saturated heterocycles. The fourth-order valence-corrected chi connectivity index (χ4v) is 2.98. The monoisotopic (exact) mass is 409 g/mol. The van der Waals surface area contributed by atoms with Crippen molar-refractivity contribution in [3.8, 4) is 11.5 Å². The van der Waals surface area contributed by atoms with Gasteiger partial charge in [-0.15, -0.1) is 0 Å². The number of nitrogens with two attached hydrogens (primary N) is 1. The Labute approximate surface area is 174 Å². The normalized spacial score (nSPS) is 14.7. The Morgan fingerprint density at radius 1 is 1.13 bits per heavy atom. The van der Waals surface area contributed by atoms with Gasteiger partial charge < -0.3 is 15.2 Å². The molecule has 0 unspecified atom stereocenters. The van der Waals surface area contributed by atoms with E-state index in [1.165, 1.54) is 11.1 Å². The number of hydrogen-bond donors (Lipinski definition) is 2. The molecule has 3 N–H and O–H groups in total. The molecule has 0 saturated carbocycles. The van der Waals surface area contributed by atoms with Crippen LogP contribution in [0.5, 0.6) is 11.5 Å². The second kappa shape index (κ2) is 9.13. The SMILES string of the molecule is CCCOc1ccc(/C=C2\C(=O)NN(c3ccccc3)C2=O)c(OCC(N)=O)c1C. The Morgan fingerprint density at radius 3 is 2.53 bits per heavy atom. The summed E-state index contributed by atoms with van der Waals surface area (Å²) < 4.78 is 11.3. The van der Waals surface area contributed by atoms with Gasteiger partial charge in [0.05, 0.1) is 12.3 Å². The molecule has 1 aliphatic heterocycles. The molecule has 0 aliphatic carbocycles. The molecule has 1 heterocycles. The highest BCUT2D eigenvalue weighted by Crippen LogP contribution is 2.34. The van der Waals surface area contributed by atoms with E-state index in [0.717, 1.165) is 6.42 Å². The Morgan fingerprint density at radius 2 is 1.87 bits per heavy atom. The summed E-state index contributed by atoms with van der Waals surface area (Å²) in [4.78, 5) is 36.5. The Hall–Kier alpha value is -3.81. The van der Waals surface area contributed by atoms with Crippen molar-refractivity contribution in [3.63, 3.8) is 0 Å². The summed E-state index contributed by atoms with van der Waals surface area (Å²) in [6.07, 6.45) is 2.26. The number of nitrogens with one attached hydrogen (secondary N) is 1. The van der Waals surface area contributed by atoms with Gasteiger partial charge in [0.1, 0.15) is 17.1 Å². The van der Waals surface area contributed by atoms with Crippen molar-refractivity contribution in [2.75, 3.05) is 18.2 Å². The van der Waals surface area contributed by atoms with Gasteiger partial charge >= 0.3 is 0 Å². The first-order chi connectivity index (χ1) is 14.4. The lowest BCUT2D eigenvalue weighted by Crippen LogP contribution is -2.35. The molecule has 0 spiro atoms. The highest BCUT2D eigenvalue weighted by Gasteiger charge is 2.34. The van der Waals surface area contributed by atoms with Crippen LogP contribution in [0.2, 0.25) is 0 Å². The predicted molar refractivity (Wildman–Crippen MR) is 112 cm³/mol. The van der Waals surface area contributed by atoms with Gasteiger partial charge in [-0.2, -0.15) is 0 Å². The van der Waals surface area contributed by atoms with E-state index in [4.69, 9.17) is 15.2 Å². The van der Waals surface area contributed by atoms with Crippen LogP contribution in [0.4, 0.5) is 5.69 Å². The maximum absolute atomic E-state index is 12.8. The summed E-state index contributed by atoms with van der Waals surface area (Å²) in [5.41, 5.74) is 9.37. The van der Waals surface area contributed by atoms with Gasteiger partial charge in [0.2, 0.25) is 0 Å². The zero-order chi connectivity index (χ0) is 21.7. The zero-order valence-electron chi connectivity index (χ0n) is 16.8. The van der Waals surface area contributed by atoms with Gasteiger partial charge in [0.15, 0.2) is 6.61 Å². The topological polar surface area (TPSA) is 111 Å². The lowest BCUT2D eigenvalue weighted by Gasteiger charge is -2.16. The molecule has 0 radical (unpaired) electrons. The maximum atomic E-state index is 12.8. The van der Waals surface area contributed by atoms with Crippen molar-refractivity contribution in [1.29, 1.82) is 0 Å². The number of benzene rings is 2. The maximum Gasteiger partial charge on any atom is 0.282 e. The fraction of sp³-hybridized carbons (Fsp3) is 0.227. The third kappa shape index (κ3) is 4.43. The van der Waals surface area contributed by atoms with E-state index in [1.807, 2.05) is 13.0 Å². The summed E-state index contributed by atoms with van der Waals surface area (Å²) in [6.45, 7) is 3.94. The molecule has 1 fully saturated rings. The molecule has 1 aliphatic rings. The van der Waals surface area contributed by atoms with E-state index in [9.17, 15) is 14.4 Å². The van der Waals surface area contributed by atoms with Crippen molar-refractivity contribution in [2.45, 2.75) is 20.3 Å². The Balaban J connectivity index is 1.98. The molecule has 3 amide bonds. The van der Waals surface area contributed by atoms with E-state index in [-0.39, 0.29) is 12.2 Å². The highest BCUT2D eigenvalue weighted by molar-refractivity contribution is 6.31. The molecule has 8 nitrogen and oxygen atoms in total. The van der Waals surface area contributed by atoms with E-state index in [0.29, 0.717) is 34.9 Å². The standard InChI is InChI=1S/C22H23N3O5/c1-3-11-29-18-10-9-15(20(14(18)2)30-13-19(23)26)12-17-21(27)24-25(22(17)28)16-7-5-4-6-8-16/h4-10,12H,3,11,13H2,1-2H3,(H2,23,26)(H,24,27)/b17-12+. The minimum absolute atomic E-state index is 0.0515. The number of primary amides is 1. The molecule has 8 heteroatoms. The number of nitrogens with zero attached hydrogens (tertiary/aromatic N) is 1. The van der Waals surface area contributed by atoms with E-state index in [2.05, 4.69) is 5.43 Å². The number of hydrogen-bond acceptors (Lipinski definition) is 5. The number of hydrazine groups is 1. The number of amides is 3. The van der Waals surface area contributed by atoms with Crippen LogP contribution in [0.3, 0.4) is 0 Å². The predicted octanol–water partition coefficient (Wildman–Crippen LogP) is 2.11. The van der Waals surface area contributed by atoms with Crippen LogP contribution in [0.15, 0.2) is 48.0 Å². The van der Waals surface area contributed by atoms with Gasteiger partial charge in [-0.05, 0) is 43.7 Å². The molecule has 0 bridgehead atoms. The first kappa shape index (κ1) is 20.9. The smallest absolute Gasteiger partial charge is 0.282 e. The fourth-order valence-electron chi connectivity index (χ4n) is 2.98. The second-order valence-electron chi connectivity index (χ2n) is 6.69. The molecular weight excluding hydrogens is 386 g/mol. The lowest BCUT2D eigenvalue weighted by molar-refractivity contribution is -0.120. The van der Waals surface area contributed by atoms with Crippen LogP contribution < -0.4 is 25.6 Å². The van der Waals surface area contributed by atoms with Gasteiger partial charge in [0, 0.05) is 11.1 Å². The Kier molecular flexibility index (Phi) is 6.36. The average molecular weight is 409 g/mol. The van der Waals surface area contributed by atoms with Crippen molar-refractivity contribution >= 4 is 29.5 Å². The molecular formula is C22H23N3O5. The number of rotatable bonds is 8. The molecule has 0 aromatic heterocycles. The van der Waals surface area contributed by atoms with Gasteiger partial charge in [-0.3, -0.25) is 19.8 Å². The van der Waals surface area contributed by atoms with E-state index >= 15 is 0 Å². The van der Waals surface area contributed by atoms with Crippen molar-refractivity contribution in [3.05, 3.63) is 59.2 Å². The quantitative estimate of drug-likeness (QED) is 0.512. The van der Waals surface area contributed by atoms with Crippen LogP contribution in [-0.4, -0.2) is 30.9 Å². The molecule has 3 rings (SSSR count). The summed E-state index contributed by atoms with van der Waals surface area (Å²) >= 11 is 0. The third-order valence-corrected chi connectivity index (χ3v) is 4.41. The van der Waals surface area contributed by atoms with E-state index < -0.39 is 17.7 Å². The van der Waals surface area contributed by atoms with Gasteiger partial charge in [-0.25, -0.2) is 5.01 Å². The summed E-state index contributed by atoms with van der Waals surface area (Å²) in [5.74, 6) is -0.747. The van der Waals surface area contributed by atoms with Crippen molar-refractivity contribution in [2.24, 2.45) is 5.73 Å². The first-order valence-corrected chi connectivity index (χ1v) is 9.52. The zero-order valence-corrected chi connectivity index (χ0v) is 16.8. The molecule has 2 aromatic carbocycles. The number of ether oxygens (including phenoxy) is 2. The summed E-state index contributed by atoms with van der Waals surface area (Å²) in [5, 5.41) is 1.18. The Bertz CT molecular complexity index is 1000. The largest absolute Gasteiger partial charge is 0.493 e. The van der Waals surface area contributed by atoms with Crippen LogP contribution >= 0.6 is 0 Å². The van der Waals surface area contributed by atoms with Crippen LogP contribution in [0.25, 0.3) is 6.08 Å². The van der Waals surface area contributed by atoms with Crippen LogP contribution in [0.1, 0.15) is 24.5 Å². The summed E-state index contributed by atoms with van der Waals surface area (Å²) in [6, 6.07) is 12.2. The number of anilines is 1. The second-order valence-corrected chi connectivity index (χ2v) is 6.69. The minimum Gasteiger partial charge on any atom is -0.493 e. The van der Waals surface area contributed by atoms with Crippen LogP contribution in [0, 0.1) is 6.92 Å². The average Bonchev–Trinajstić information content (AvgIpc) is 3.01. The van der Waals surface area contributed by atoms with Crippen molar-refractivity contribution < 1.29 is 23.9 Å². The van der Waals surface area contributed by atoms with Gasteiger partial charge in [-0.1, -0.05) is 25.1 Å². The van der Waals surface area contributed by atoms with Crippen LogP contribution in [-0.2, 0) is 14.4 Å². The number of carbonyl (C=O) groups excluding carboxylic acids is 3. The molecule has 156 valence electrons. The summed E-state index contributed by atoms with van der Waals surface area (Å²) in [7, 11) is 0. The third-order valence-electron chi connectivity index (χ3n) is 4.41. The molecule has 2 aromatic rings. The number of carbonyl (C=O) groups is 3. The molecule has 30 heavy (non-hydrogen) atoms. The van der Waals surface area contributed by atoms with Gasteiger partial charge in [0.25, 0.3) is 17.7 Å². The lowest BCUT2D eigenvalue weighted by atomic mass is 10.0. The minimum atomic E-state index is -0.641. The highest BCUT2D eigenvalue weighted by atomic mass is 16.5. The van der Waals surface area contributed by atoms with Crippen molar-refractivity contribution in [1.82, 2.24) is 5.43 Å². The van der Waals surface area contributed by atoms with E-state index in [1.54, 1.807) is 43.3 Å². The number of para-hydroxylation sites is 1.